The van der Waals surface area contributed by atoms with Crippen LogP contribution in [0.15, 0.2) is 39.7 Å². The molecule has 32 heavy (non-hydrogen) atoms. The fourth-order valence-corrected chi connectivity index (χ4v) is 4.59. The summed E-state index contributed by atoms with van der Waals surface area (Å²) in [5, 5.41) is -0.470. The summed E-state index contributed by atoms with van der Waals surface area (Å²) in [5.41, 5.74) is 1.87. The van der Waals surface area contributed by atoms with E-state index < -0.39 is 17.1 Å². The second-order valence-corrected chi connectivity index (χ2v) is 8.52. The number of hydrogen-bond acceptors (Lipinski definition) is 7. The van der Waals surface area contributed by atoms with Crippen molar-refractivity contribution in [1.29, 1.82) is 0 Å². The molecule has 0 spiro atoms. The van der Waals surface area contributed by atoms with Gasteiger partial charge >= 0.3 is 5.97 Å². The van der Waals surface area contributed by atoms with Gasteiger partial charge in [0.1, 0.15) is 18.1 Å². The molecule has 0 bridgehead atoms. The fraction of sp³-hybridized carbons (Fsp3) is 0.304. The number of methoxy groups -OCH3 is 1. The summed E-state index contributed by atoms with van der Waals surface area (Å²) < 4.78 is 10.7. The number of nitrogens with zero attached hydrogens (tertiary/aromatic N) is 2. The third-order valence-electron chi connectivity index (χ3n) is 5.53. The summed E-state index contributed by atoms with van der Waals surface area (Å²) in [5.74, 6) is -0.253. The zero-order chi connectivity index (χ0) is 22.8. The minimum atomic E-state index is -0.505. The second kappa shape index (κ2) is 9.04. The first-order chi connectivity index (χ1) is 15.4. The average molecular weight is 455 g/mol. The van der Waals surface area contributed by atoms with Gasteiger partial charge in [-0.15, -0.1) is 0 Å². The van der Waals surface area contributed by atoms with E-state index in [1.165, 1.54) is 13.2 Å². The molecule has 8 nitrogen and oxygen atoms in total. The number of esters is 1. The highest BCUT2D eigenvalue weighted by atomic mass is 32.2. The molecule has 4 rings (SSSR count). The summed E-state index contributed by atoms with van der Waals surface area (Å²) in [6.07, 6.45) is 3.38. The van der Waals surface area contributed by atoms with Crippen molar-refractivity contribution in [2.24, 2.45) is 0 Å². The van der Waals surface area contributed by atoms with Gasteiger partial charge in [-0.2, -0.15) is 0 Å². The Hall–Kier alpha value is -3.33. The second-order valence-electron chi connectivity index (χ2n) is 7.53. The first kappa shape index (κ1) is 21.9. The number of furan rings is 1. The van der Waals surface area contributed by atoms with Gasteiger partial charge in [-0.25, -0.2) is 4.79 Å². The number of benzene rings is 1. The lowest BCUT2D eigenvalue weighted by molar-refractivity contribution is -0.135. The summed E-state index contributed by atoms with van der Waals surface area (Å²) in [6.45, 7) is 2.88. The van der Waals surface area contributed by atoms with Crippen LogP contribution in [0.2, 0.25) is 0 Å². The van der Waals surface area contributed by atoms with E-state index in [9.17, 15) is 19.2 Å². The maximum absolute atomic E-state index is 12.7. The molecule has 1 aromatic carbocycles. The van der Waals surface area contributed by atoms with E-state index in [1.807, 2.05) is 6.07 Å². The van der Waals surface area contributed by atoms with Gasteiger partial charge < -0.3 is 14.1 Å². The van der Waals surface area contributed by atoms with E-state index in [2.05, 4.69) is 0 Å². The number of amides is 3. The van der Waals surface area contributed by atoms with Gasteiger partial charge in [0.2, 0.25) is 5.91 Å². The standard InChI is InChI=1S/C23H22N2O6S/c1-14-16(6-5-7-17(14)22(28)30-2)18-9-8-15(31-18)12-19-21(27)25(23(29)32-19)13-20(26)24-10-3-4-11-24/h5-9,12H,3-4,10-11,13H2,1-2H3/b19-12+. The molecule has 2 aliphatic rings. The minimum absolute atomic E-state index is 0.199. The number of rotatable bonds is 5. The highest BCUT2D eigenvalue weighted by Gasteiger charge is 2.37. The molecule has 0 unspecified atom stereocenters. The zero-order valence-corrected chi connectivity index (χ0v) is 18.6. The Kier molecular flexibility index (Phi) is 6.18. The predicted octanol–water partition coefficient (Wildman–Crippen LogP) is 3.70. The van der Waals surface area contributed by atoms with Gasteiger partial charge in [0.05, 0.1) is 17.6 Å². The summed E-state index contributed by atoms with van der Waals surface area (Å²) >= 11 is 0.785. The van der Waals surface area contributed by atoms with Gasteiger partial charge in [-0.1, -0.05) is 12.1 Å². The van der Waals surface area contributed by atoms with Crippen LogP contribution in [0, 0.1) is 6.92 Å². The fourth-order valence-electron chi connectivity index (χ4n) is 3.78. The molecular formula is C23H22N2O6S. The number of carbonyl (C=O) groups excluding carboxylic acids is 4. The van der Waals surface area contributed by atoms with Crippen molar-refractivity contribution in [3.05, 3.63) is 52.1 Å². The van der Waals surface area contributed by atoms with E-state index in [4.69, 9.17) is 9.15 Å². The van der Waals surface area contributed by atoms with E-state index in [0.717, 1.165) is 35.1 Å². The van der Waals surface area contributed by atoms with Gasteiger partial charge in [-0.05, 0) is 55.3 Å². The Morgan fingerprint density at radius 1 is 1.16 bits per heavy atom. The van der Waals surface area contributed by atoms with E-state index in [1.54, 1.807) is 36.1 Å². The van der Waals surface area contributed by atoms with Crippen LogP contribution in [0.5, 0.6) is 0 Å². The Balaban J connectivity index is 1.52. The van der Waals surface area contributed by atoms with Crippen molar-refractivity contribution in [2.45, 2.75) is 19.8 Å². The van der Waals surface area contributed by atoms with Crippen LogP contribution >= 0.6 is 11.8 Å². The monoisotopic (exact) mass is 454 g/mol. The molecule has 3 amide bonds. The third kappa shape index (κ3) is 4.20. The molecule has 2 aliphatic heterocycles. The number of thioether (sulfide) groups is 1. The summed E-state index contributed by atoms with van der Waals surface area (Å²) in [4.78, 5) is 52.2. The first-order valence-electron chi connectivity index (χ1n) is 10.2. The zero-order valence-electron chi connectivity index (χ0n) is 17.8. The van der Waals surface area contributed by atoms with Crippen molar-refractivity contribution < 1.29 is 28.3 Å². The Morgan fingerprint density at radius 2 is 1.91 bits per heavy atom. The van der Waals surface area contributed by atoms with Crippen molar-refractivity contribution in [3.63, 3.8) is 0 Å². The maximum Gasteiger partial charge on any atom is 0.338 e. The SMILES string of the molecule is COC(=O)c1cccc(-c2ccc(/C=C3/SC(=O)N(CC(=O)N4CCCC4)C3=O)o2)c1C. The molecule has 0 radical (unpaired) electrons. The molecule has 0 atom stereocenters. The lowest BCUT2D eigenvalue weighted by Gasteiger charge is -2.18. The van der Waals surface area contributed by atoms with E-state index >= 15 is 0 Å². The smallest absolute Gasteiger partial charge is 0.338 e. The molecule has 3 heterocycles. The van der Waals surface area contributed by atoms with Gasteiger partial charge in [0, 0.05) is 24.7 Å². The molecule has 9 heteroatoms. The summed E-state index contributed by atoms with van der Waals surface area (Å²) in [7, 11) is 1.32. The van der Waals surface area contributed by atoms with Gasteiger partial charge in [0.15, 0.2) is 0 Å². The number of ether oxygens (including phenoxy) is 1. The quantitative estimate of drug-likeness (QED) is 0.502. The average Bonchev–Trinajstić information content (AvgIpc) is 3.52. The van der Waals surface area contributed by atoms with Crippen molar-refractivity contribution in [2.75, 3.05) is 26.7 Å². The topological polar surface area (TPSA) is 97.1 Å². The molecule has 0 saturated carbocycles. The van der Waals surface area contributed by atoms with Crippen LogP contribution in [0.3, 0.4) is 0 Å². The van der Waals surface area contributed by atoms with Crippen LogP contribution in [-0.4, -0.2) is 59.6 Å². The van der Waals surface area contributed by atoms with Crippen molar-refractivity contribution >= 4 is 40.9 Å². The molecule has 0 N–H and O–H groups in total. The predicted molar refractivity (Wildman–Crippen MR) is 119 cm³/mol. The molecule has 2 fully saturated rings. The Bertz CT molecular complexity index is 1130. The molecular weight excluding hydrogens is 432 g/mol. The van der Waals surface area contributed by atoms with Crippen molar-refractivity contribution in [3.8, 4) is 11.3 Å². The number of likely N-dealkylation sites (tertiary alicyclic amines) is 1. The number of carbonyl (C=O) groups is 4. The Morgan fingerprint density at radius 3 is 2.62 bits per heavy atom. The molecule has 1 aromatic heterocycles. The number of hydrogen-bond donors (Lipinski definition) is 0. The highest BCUT2D eigenvalue weighted by molar-refractivity contribution is 8.18. The minimum Gasteiger partial charge on any atom is -0.465 e. The van der Waals surface area contributed by atoms with Crippen LogP contribution < -0.4 is 0 Å². The van der Waals surface area contributed by atoms with Crippen LogP contribution in [0.1, 0.15) is 34.5 Å². The first-order valence-corrected chi connectivity index (χ1v) is 11.0. The third-order valence-corrected chi connectivity index (χ3v) is 6.44. The van der Waals surface area contributed by atoms with Gasteiger partial charge in [-0.3, -0.25) is 19.3 Å². The Labute approximate surface area is 189 Å². The van der Waals surface area contributed by atoms with Crippen LogP contribution in [0.4, 0.5) is 4.79 Å². The molecule has 2 saturated heterocycles. The van der Waals surface area contributed by atoms with Crippen LogP contribution in [0.25, 0.3) is 17.4 Å². The number of imide groups is 1. The summed E-state index contributed by atoms with van der Waals surface area (Å²) in [6, 6.07) is 8.65. The van der Waals surface area contributed by atoms with Gasteiger partial charge in [0.25, 0.3) is 11.1 Å². The molecule has 166 valence electrons. The largest absolute Gasteiger partial charge is 0.465 e. The molecule has 2 aromatic rings. The van der Waals surface area contributed by atoms with Crippen molar-refractivity contribution in [1.82, 2.24) is 9.80 Å². The molecule has 0 aliphatic carbocycles. The van der Waals surface area contributed by atoms with Crippen LogP contribution in [-0.2, 0) is 14.3 Å². The maximum atomic E-state index is 12.7. The lowest BCUT2D eigenvalue weighted by atomic mass is 10.0. The highest BCUT2D eigenvalue weighted by Crippen LogP contribution is 2.34. The normalized spacial score (nSPS) is 17.5. The lowest BCUT2D eigenvalue weighted by Crippen LogP contribution is -2.40. The van der Waals surface area contributed by atoms with E-state index in [-0.39, 0.29) is 17.4 Å². The van der Waals surface area contributed by atoms with E-state index in [0.29, 0.717) is 35.7 Å².